The SMILES string of the molecule is CN(CC(O)=C(C#N)c1ccccc1)C1CCCCC1. The van der Waals surface area contributed by atoms with Crippen LogP contribution in [0.25, 0.3) is 5.57 Å². The summed E-state index contributed by atoms with van der Waals surface area (Å²) in [4.78, 5) is 2.18. The van der Waals surface area contributed by atoms with Crippen LogP contribution in [0.3, 0.4) is 0 Å². The van der Waals surface area contributed by atoms with Crippen LogP contribution in [0.1, 0.15) is 37.7 Å². The topological polar surface area (TPSA) is 47.3 Å². The van der Waals surface area contributed by atoms with Crippen LogP contribution in [-0.4, -0.2) is 29.6 Å². The quantitative estimate of drug-likeness (QED) is 0.669. The lowest BCUT2D eigenvalue weighted by atomic mass is 9.94. The first kappa shape index (κ1) is 14.6. The summed E-state index contributed by atoms with van der Waals surface area (Å²) in [5, 5.41) is 19.6. The van der Waals surface area contributed by atoms with E-state index < -0.39 is 0 Å². The molecule has 0 aromatic heterocycles. The second-order valence-corrected chi connectivity index (χ2v) is 5.51. The Hall–Kier alpha value is -1.79. The molecule has 1 aliphatic carbocycles. The third-order valence-corrected chi connectivity index (χ3v) is 4.06. The van der Waals surface area contributed by atoms with E-state index in [2.05, 4.69) is 11.0 Å². The summed E-state index contributed by atoms with van der Waals surface area (Å²) in [6, 6.07) is 12.0. The van der Waals surface area contributed by atoms with Gasteiger partial charge >= 0.3 is 0 Å². The summed E-state index contributed by atoms with van der Waals surface area (Å²) in [6.45, 7) is 0.447. The normalized spacial score (nSPS) is 17.6. The highest BCUT2D eigenvalue weighted by atomic mass is 16.3. The van der Waals surface area contributed by atoms with Gasteiger partial charge in [0.15, 0.2) is 0 Å². The lowest BCUT2D eigenvalue weighted by Crippen LogP contribution is -2.35. The molecule has 0 amide bonds. The predicted molar refractivity (Wildman–Crippen MR) is 81.1 cm³/mol. The molecule has 0 spiro atoms. The fraction of sp³-hybridized carbons (Fsp3) is 0.471. The first-order valence-electron chi connectivity index (χ1n) is 7.30. The Morgan fingerprint density at radius 1 is 1.25 bits per heavy atom. The molecule has 0 aliphatic heterocycles. The van der Waals surface area contributed by atoms with Crippen LogP contribution < -0.4 is 0 Å². The van der Waals surface area contributed by atoms with Crippen LogP contribution in [0.4, 0.5) is 0 Å². The first-order chi connectivity index (χ1) is 9.72. The zero-order valence-electron chi connectivity index (χ0n) is 12.0. The number of benzene rings is 1. The minimum absolute atomic E-state index is 0.173. The Kier molecular flexibility index (Phi) is 5.20. The van der Waals surface area contributed by atoms with Crippen LogP contribution in [0.2, 0.25) is 0 Å². The zero-order chi connectivity index (χ0) is 14.4. The van der Waals surface area contributed by atoms with Crippen molar-refractivity contribution in [3.05, 3.63) is 41.7 Å². The highest BCUT2D eigenvalue weighted by Crippen LogP contribution is 2.23. The molecule has 1 N–H and O–H groups in total. The van der Waals surface area contributed by atoms with Crippen molar-refractivity contribution in [1.29, 1.82) is 5.26 Å². The highest BCUT2D eigenvalue weighted by Gasteiger charge is 2.20. The molecule has 3 nitrogen and oxygen atoms in total. The number of nitriles is 1. The van der Waals surface area contributed by atoms with E-state index in [1.165, 1.54) is 32.1 Å². The number of hydrogen-bond acceptors (Lipinski definition) is 3. The zero-order valence-corrected chi connectivity index (χ0v) is 12.0. The molecule has 0 unspecified atom stereocenters. The van der Waals surface area contributed by atoms with Crippen LogP contribution in [0.5, 0.6) is 0 Å². The van der Waals surface area contributed by atoms with Gasteiger partial charge in [0.05, 0.1) is 12.1 Å². The average molecular weight is 270 g/mol. The van der Waals surface area contributed by atoms with Gasteiger partial charge in [-0.3, -0.25) is 4.90 Å². The Balaban J connectivity index is 2.10. The number of aliphatic hydroxyl groups excluding tert-OH is 1. The number of aliphatic hydroxyl groups is 1. The van der Waals surface area contributed by atoms with E-state index in [1.807, 2.05) is 37.4 Å². The van der Waals surface area contributed by atoms with Crippen LogP contribution in [0.15, 0.2) is 36.1 Å². The number of rotatable bonds is 4. The molecule has 0 radical (unpaired) electrons. The summed E-state index contributed by atoms with van der Waals surface area (Å²) in [6.07, 6.45) is 6.24. The predicted octanol–water partition coefficient (Wildman–Crippen LogP) is 3.74. The van der Waals surface area contributed by atoms with E-state index in [-0.39, 0.29) is 5.76 Å². The second kappa shape index (κ2) is 7.12. The Bertz CT molecular complexity index is 495. The third kappa shape index (κ3) is 3.61. The van der Waals surface area contributed by atoms with Gasteiger partial charge in [0.1, 0.15) is 11.8 Å². The second-order valence-electron chi connectivity index (χ2n) is 5.51. The average Bonchev–Trinajstić information content (AvgIpc) is 2.50. The number of allylic oxidation sites excluding steroid dienone is 1. The van der Waals surface area contributed by atoms with E-state index in [1.54, 1.807) is 0 Å². The van der Waals surface area contributed by atoms with Gasteiger partial charge in [0.2, 0.25) is 0 Å². The van der Waals surface area contributed by atoms with Gasteiger partial charge in [-0.25, -0.2) is 0 Å². The molecule has 0 saturated heterocycles. The Morgan fingerprint density at radius 3 is 2.50 bits per heavy atom. The standard InChI is InChI=1S/C17H22N2O/c1-19(15-10-6-3-7-11-15)13-17(20)16(12-18)14-8-4-2-5-9-14/h2,4-5,8-9,15,20H,3,6-7,10-11,13H2,1H3. The fourth-order valence-electron chi connectivity index (χ4n) is 2.87. The van der Waals surface area contributed by atoms with Gasteiger partial charge in [0, 0.05) is 6.04 Å². The molecular formula is C17H22N2O. The van der Waals surface area contributed by atoms with E-state index >= 15 is 0 Å². The minimum Gasteiger partial charge on any atom is -0.510 e. The summed E-state index contributed by atoms with van der Waals surface area (Å²) < 4.78 is 0. The van der Waals surface area contributed by atoms with Gasteiger partial charge < -0.3 is 5.11 Å². The van der Waals surface area contributed by atoms with Gasteiger partial charge in [-0.05, 0) is 25.5 Å². The maximum absolute atomic E-state index is 10.3. The van der Waals surface area contributed by atoms with Crippen molar-refractivity contribution in [1.82, 2.24) is 4.90 Å². The molecule has 1 saturated carbocycles. The van der Waals surface area contributed by atoms with Crippen molar-refractivity contribution in [3.8, 4) is 6.07 Å². The number of nitrogens with zero attached hydrogens (tertiary/aromatic N) is 2. The largest absolute Gasteiger partial charge is 0.510 e. The van der Waals surface area contributed by atoms with Gasteiger partial charge in [-0.15, -0.1) is 0 Å². The van der Waals surface area contributed by atoms with E-state index in [9.17, 15) is 10.4 Å². The van der Waals surface area contributed by atoms with Crippen molar-refractivity contribution < 1.29 is 5.11 Å². The maximum Gasteiger partial charge on any atom is 0.125 e. The summed E-state index contributed by atoms with van der Waals surface area (Å²) in [5.74, 6) is 0.173. The van der Waals surface area contributed by atoms with Crippen LogP contribution in [-0.2, 0) is 0 Å². The molecule has 106 valence electrons. The summed E-state index contributed by atoms with van der Waals surface area (Å²) in [5.41, 5.74) is 1.16. The van der Waals surface area contributed by atoms with Crippen molar-refractivity contribution in [2.75, 3.05) is 13.6 Å². The van der Waals surface area contributed by atoms with E-state index in [0.717, 1.165) is 5.56 Å². The minimum atomic E-state index is 0.173. The molecule has 1 aliphatic rings. The maximum atomic E-state index is 10.3. The lowest BCUT2D eigenvalue weighted by molar-refractivity contribution is 0.184. The lowest BCUT2D eigenvalue weighted by Gasteiger charge is -2.31. The molecule has 0 atom stereocenters. The van der Waals surface area contributed by atoms with Crippen molar-refractivity contribution in [2.24, 2.45) is 0 Å². The third-order valence-electron chi connectivity index (χ3n) is 4.06. The molecule has 3 heteroatoms. The fourth-order valence-corrected chi connectivity index (χ4v) is 2.87. The molecule has 1 aromatic rings. The Labute approximate surface area is 121 Å². The van der Waals surface area contributed by atoms with E-state index in [0.29, 0.717) is 18.2 Å². The number of hydrogen-bond donors (Lipinski definition) is 1. The molecule has 1 aromatic carbocycles. The van der Waals surface area contributed by atoms with Crippen molar-refractivity contribution in [3.63, 3.8) is 0 Å². The molecule has 0 bridgehead atoms. The molecule has 0 heterocycles. The van der Waals surface area contributed by atoms with Gasteiger partial charge in [-0.1, -0.05) is 49.6 Å². The summed E-state index contributed by atoms with van der Waals surface area (Å²) in [7, 11) is 2.03. The monoisotopic (exact) mass is 270 g/mol. The highest BCUT2D eigenvalue weighted by molar-refractivity contribution is 5.78. The number of likely N-dealkylation sites (N-methyl/N-ethyl adjacent to an activating group) is 1. The first-order valence-corrected chi connectivity index (χ1v) is 7.30. The van der Waals surface area contributed by atoms with Crippen LogP contribution in [0, 0.1) is 11.3 Å². The summed E-state index contributed by atoms with van der Waals surface area (Å²) >= 11 is 0. The molecule has 1 fully saturated rings. The molecule has 20 heavy (non-hydrogen) atoms. The molecular weight excluding hydrogens is 248 g/mol. The van der Waals surface area contributed by atoms with Gasteiger partial charge in [-0.2, -0.15) is 5.26 Å². The molecule has 2 rings (SSSR count). The van der Waals surface area contributed by atoms with Crippen molar-refractivity contribution >= 4 is 5.57 Å². The van der Waals surface area contributed by atoms with Crippen LogP contribution >= 0.6 is 0 Å². The smallest absolute Gasteiger partial charge is 0.125 e. The van der Waals surface area contributed by atoms with E-state index in [4.69, 9.17) is 0 Å². The Morgan fingerprint density at radius 2 is 1.90 bits per heavy atom. The van der Waals surface area contributed by atoms with Crippen molar-refractivity contribution in [2.45, 2.75) is 38.1 Å². The van der Waals surface area contributed by atoms with Gasteiger partial charge in [0.25, 0.3) is 0 Å².